The van der Waals surface area contributed by atoms with Gasteiger partial charge in [0.1, 0.15) is 5.75 Å². The van der Waals surface area contributed by atoms with Crippen molar-refractivity contribution in [2.45, 2.75) is 13.5 Å². The molecule has 0 spiro atoms. The Morgan fingerprint density at radius 1 is 0.750 bits per heavy atom. The molecule has 6 rings (SSSR count). The number of aryl methyl sites for hydroxylation is 1. The molecule has 3 aromatic heterocycles. The van der Waals surface area contributed by atoms with Crippen LogP contribution in [-0.4, -0.2) is 46.6 Å². The standard InChI is InChI=1S/C28H23N5O6S/c1-15-5-7-16(8-6-15)26-30-23(32-38-26)14-37-18-9-10-19-22(13-18)40-28(29-19)25-31-27(39-33-25)17-11-20(34-2)24(36-4)21(12-17)35-3/h5-13H,14H2,1-4H3. The second kappa shape index (κ2) is 10.7. The van der Waals surface area contributed by atoms with Crippen LogP contribution in [0, 0.1) is 6.92 Å². The van der Waals surface area contributed by atoms with Gasteiger partial charge in [-0.15, -0.1) is 11.3 Å². The predicted molar refractivity (Wildman–Crippen MR) is 147 cm³/mol. The number of benzene rings is 3. The Bertz CT molecular complexity index is 1770. The van der Waals surface area contributed by atoms with Gasteiger partial charge in [-0.25, -0.2) is 4.98 Å². The van der Waals surface area contributed by atoms with E-state index < -0.39 is 0 Å². The molecule has 0 N–H and O–H groups in total. The van der Waals surface area contributed by atoms with E-state index in [1.165, 1.54) is 11.3 Å². The highest BCUT2D eigenvalue weighted by molar-refractivity contribution is 7.21. The lowest BCUT2D eigenvalue weighted by Gasteiger charge is -2.12. The molecule has 40 heavy (non-hydrogen) atoms. The molecule has 0 aliphatic carbocycles. The van der Waals surface area contributed by atoms with E-state index >= 15 is 0 Å². The molecular weight excluding hydrogens is 534 g/mol. The summed E-state index contributed by atoms with van der Waals surface area (Å²) in [6, 6.07) is 17.0. The fraction of sp³-hybridized carbons (Fsp3) is 0.179. The summed E-state index contributed by atoms with van der Waals surface area (Å²) >= 11 is 1.42. The van der Waals surface area contributed by atoms with Crippen molar-refractivity contribution in [3.8, 4) is 56.7 Å². The lowest BCUT2D eigenvalue weighted by atomic mass is 10.1. The van der Waals surface area contributed by atoms with Crippen LogP contribution in [0.15, 0.2) is 63.6 Å². The molecule has 0 radical (unpaired) electrons. The number of rotatable bonds is 9. The third kappa shape index (κ3) is 4.92. The summed E-state index contributed by atoms with van der Waals surface area (Å²) in [5.41, 5.74) is 3.43. The van der Waals surface area contributed by atoms with Crippen molar-refractivity contribution in [2.24, 2.45) is 0 Å². The first-order valence-electron chi connectivity index (χ1n) is 12.1. The van der Waals surface area contributed by atoms with E-state index in [9.17, 15) is 0 Å². The fourth-order valence-corrected chi connectivity index (χ4v) is 4.92. The highest BCUT2D eigenvalue weighted by atomic mass is 32.1. The van der Waals surface area contributed by atoms with Crippen LogP contribution in [0.1, 0.15) is 11.4 Å². The molecular formula is C28H23N5O6S. The summed E-state index contributed by atoms with van der Waals surface area (Å²) in [5, 5.41) is 8.76. The van der Waals surface area contributed by atoms with Crippen molar-refractivity contribution in [3.05, 3.63) is 66.0 Å². The van der Waals surface area contributed by atoms with Crippen molar-refractivity contribution < 1.29 is 28.0 Å². The van der Waals surface area contributed by atoms with Gasteiger partial charge in [-0.2, -0.15) is 9.97 Å². The minimum atomic E-state index is 0.162. The van der Waals surface area contributed by atoms with E-state index in [1.54, 1.807) is 33.5 Å². The minimum absolute atomic E-state index is 0.162. The van der Waals surface area contributed by atoms with Crippen molar-refractivity contribution in [2.75, 3.05) is 21.3 Å². The second-order valence-corrected chi connectivity index (χ2v) is 9.69. The molecule has 0 bridgehead atoms. The Balaban J connectivity index is 1.19. The predicted octanol–water partition coefficient (Wildman–Crippen LogP) is 5.98. The molecule has 0 atom stereocenters. The van der Waals surface area contributed by atoms with Gasteiger partial charge in [0.05, 0.1) is 31.5 Å². The third-order valence-electron chi connectivity index (χ3n) is 6.02. The van der Waals surface area contributed by atoms with E-state index in [1.807, 2.05) is 49.4 Å². The Morgan fingerprint density at radius 3 is 2.20 bits per heavy atom. The van der Waals surface area contributed by atoms with E-state index in [0.717, 1.165) is 21.3 Å². The van der Waals surface area contributed by atoms with E-state index in [0.29, 0.717) is 57.0 Å². The zero-order chi connectivity index (χ0) is 27.6. The van der Waals surface area contributed by atoms with Crippen LogP contribution in [0.4, 0.5) is 0 Å². The van der Waals surface area contributed by atoms with Crippen LogP contribution in [0.2, 0.25) is 0 Å². The molecule has 0 unspecified atom stereocenters. The highest BCUT2D eigenvalue weighted by Crippen LogP contribution is 2.41. The maximum Gasteiger partial charge on any atom is 0.258 e. The van der Waals surface area contributed by atoms with Gasteiger partial charge in [0, 0.05) is 11.1 Å². The van der Waals surface area contributed by atoms with E-state index in [-0.39, 0.29) is 6.61 Å². The molecule has 0 saturated heterocycles. The molecule has 0 saturated carbocycles. The molecule has 12 heteroatoms. The van der Waals surface area contributed by atoms with Gasteiger partial charge < -0.3 is 28.0 Å². The van der Waals surface area contributed by atoms with Crippen molar-refractivity contribution in [1.82, 2.24) is 25.3 Å². The Hall–Kier alpha value is -4.97. The first-order chi connectivity index (χ1) is 19.5. The zero-order valence-electron chi connectivity index (χ0n) is 22.0. The van der Waals surface area contributed by atoms with Crippen LogP contribution in [0.25, 0.3) is 44.0 Å². The first-order valence-corrected chi connectivity index (χ1v) is 12.9. The molecule has 0 amide bonds. The lowest BCUT2D eigenvalue weighted by Crippen LogP contribution is -1.97. The van der Waals surface area contributed by atoms with Crippen molar-refractivity contribution in [3.63, 3.8) is 0 Å². The van der Waals surface area contributed by atoms with Gasteiger partial charge in [-0.3, -0.25) is 0 Å². The van der Waals surface area contributed by atoms with E-state index in [2.05, 4.69) is 25.3 Å². The molecule has 3 heterocycles. The van der Waals surface area contributed by atoms with Crippen molar-refractivity contribution in [1.29, 1.82) is 0 Å². The van der Waals surface area contributed by atoms with Crippen LogP contribution in [-0.2, 0) is 6.61 Å². The number of hydrogen-bond acceptors (Lipinski definition) is 12. The van der Waals surface area contributed by atoms with Gasteiger partial charge in [0.15, 0.2) is 23.1 Å². The molecule has 3 aromatic carbocycles. The number of thiazole rings is 1. The maximum atomic E-state index is 5.92. The second-order valence-electron chi connectivity index (χ2n) is 8.66. The molecule has 202 valence electrons. The Kier molecular flexibility index (Phi) is 6.74. The zero-order valence-corrected chi connectivity index (χ0v) is 22.8. The molecule has 0 aliphatic rings. The third-order valence-corrected chi connectivity index (χ3v) is 7.04. The van der Waals surface area contributed by atoms with Crippen LogP contribution >= 0.6 is 11.3 Å². The average molecular weight is 558 g/mol. The number of aromatic nitrogens is 5. The summed E-state index contributed by atoms with van der Waals surface area (Å²) in [4.78, 5) is 13.6. The fourth-order valence-electron chi connectivity index (χ4n) is 4.00. The highest BCUT2D eigenvalue weighted by Gasteiger charge is 2.20. The Labute approximate surface area is 232 Å². The van der Waals surface area contributed by atoms with Gasteiger partial charge in [-0.1, -0.05) is 28.0 Å². The first kappa shape index (κ1) is 25.3. The lowest BCUT2D eigenvalue weighted by molar-refractivity contribution is 0.287. The van der Waals surface area contributed by atoms with Gasteiger partial charge in [-0.05, 0) is 49.4 Å². The van der Waals surface area contributed by atoms with Crippen LogP contribution < -0.4 is 18.9 Å². The topological polar surface area (TPSA) is 128 Å². The van der Waals surface area contributed by atoms with Gasteiger partial charge >= 0.3 is 0 Å². The maximum absolute atomic E-state index is 5.92. The molecule has 0 aliphatic heterocycles. The van der Waals surface area contributed by atoms with Gasteiger partial charge in [0.2, 0.25) is 17.4 Å². The normalized spacial score (nSPS) is 11.1. The number of ether oxygens (including phenoxy) is 4. The Morgan fingerprint density at radius 2 is 1.48 bits per heavy atom. The SMILES string of the molecule is COc1cc(-c2nc(-c3nc4ccc(OCc5noc(-c6ccc(C)cc6)n5)cc4s3)no2)cc(OC)c1OC. The quantitative estimate of drug-likeness (QED) is 0.208. The summed E-state index contributed by atoms with van der Waals surface area (Å²) < 4.78 is 34.0. The summed E-state index contributed by atoms with van der Waals surface area (Å²) in [5.74, 6) is 3.65. The number of nitrogens with zero attached hydrogens (tertiary/aromatic N) is 5. The van der Waals surface area contributed by atoms with Crippen LogP contribution in [0.5, 0.6) is 23.0 Å². The number of fused-ring (bicyclic) bond motifs is 1. The average Bonchev–Trinajstić information content (AvgIpc) is 3.75. The van der Waals surface area contributed by atoms with Crippen molar-refractivity contribution >= 4 is 21.6 Å². The smallest absolute Gasteiger partial charge is 0.258 e. The molecule has 0 fully saturated rings. The largest absolute Gasteiger partial charge is 0.493 e. The number of hydrogen-bond donors (Lipinski definition) is 0. The molecule has 6 aromatic rings. The molecule has 11 nitrogen and oxygen atoms in total. The summed E-state index contributed by atoms with van der Waals surface area (Å²) in [7, 11) is 4.64. The minimum Gasteiger partial charge on any atom is -0.493 e. The monoisotopic (exact) mass is 557 g/mol. The number of methoxy groups -OCH3 is 3. The summed E-state index contributed by atoms with van der Waals surface area (Å²) in [6.45, 7) is 2.19. The summed E-state index contributed by atoms with van der Waals surface area (Å²) in [6.07, 6.45) is 0. The van der Waals surface area contributed by atoms with E-state index in [4.69, 9.17) is 28.0 Å². The van der Waals surface area contributed by atoms with Crippen LogP contribution in [0.3, 0.4) is 0 Å². The van der Waals surface area contributed by atoms with Gasteiger partial charge in [0.25, 0.3) is 11.8 Å².